The van der Waals surface area contributed by atoms with E-state index in [1.54, 1.807) is 0 Å². The summed E-state index contributed by atoms with van der Waals surface area (Å²) in [5, 5.41) is 2.54. The molecule has 0 N–H and O–H groups in total. The summed E-state index contributed by atoms with van der Waals surface area (Å²) in [6, 6.07) is 38.6. The van der Waals surface area contributed by atoms with E-state index < -0.39 is 0 Å². The molecule has 0 aliphatic rings. The summed E-state index contributed by atoms with van der Waals surface area (Å²) in [4.78, 5) is 0. The van der Waals surface area contributed by atoms with E-state index in [2.05, 4.69) is 120 Å². The molecule has 27 heavy (non-hydrogen) atoms. The predicted octanol–water partition coefficient (Wildman–Crippen LogP) is 6.96. The van der Waals surface area contributed by atoms with Crippen molar-refractivity contribution in [3.63, 3.8) is 0 Å². The average molecular weight is 345 g/mol. The molecule has 5 rings (SSSR count). The van der Waals surface area contributed by atoms with E-state index in [1.165, 1.54) is 38.8 Å². The summed E-state index contributed by atoms with van der Waals surface area (Å²) in [7, 11) is 0. The lowest BCUT2D eigenvalue weighted by Gasteiger charge is -2.09. The first-order valence-corrected chi connectivity index (χ1v) is 9.21. The molecule has 0 unspecified atom stereocenters. The van der Waals surface area contributed by atoms with Gasteiger partial charge in [0.25, 0.3) is 0 Å². The minimum Gasteiger partial charge on any atom is -0.316 e. The number of rotatable bonds is 3. The molecule has 4 aromatic carbocycles. The Hall–Kier alpha value is -3.58. The lowest BCUT2D eigenvalue weighted by atomic mass is 10.0. The molecule has 0 saturated heterocycles. The molecule has 0 amide bonds. The molecule has 128 valence electrons. The first kappa shape index (κ1) is 15.7. The quantitative estimate of drug-likeness (QED) is 0.333. The Labute approximate surface area is 159 Å². The van der Waals surface area contributed by atoms with E-state index in [-0.39, 0.29) is 0 Å². The summed E-state index contributed by atoms with van der Waals surface area (Å²) < 4.78 is 2.28. The van der Waals surface area contributed by atoms with Gasteiger partial charge in [-0.05, 0) is 46.2 Å². The lowest BCUT2D eigenvalue weighted by Crippen LogP contribution is -1.94. The van der Waals surface area contributed by atoms with Gasteiger partial charge in [0.05, 0.1) is 5.69 Å². The van der Waals surface area contributed by atoms with Gasteiger partial charge in [0.1, 0.15) is 0 Å². The Kier molecular flexibility index (Phi) is 3.84. The summed E-state index contributed by atoms with van der Waals surface area (Å²) in [6.07, 6.45) is 2.24. The molecule has 1 aromatic heterocycles. The van der Waals surface area contributed by atoms with E-state index in [0.29, 0.717) is 0 Å². The SMILES string of the molecule is c1ccc(-c2cc(-c3ccc4ccccc4c3)cn2-c2ccccc2)cc1. The van der Waals surface area contributed by atoms with E-state index >= 15 is 0 Å². The molecule has 0 spiro atoms. The predicted molar refractivity (Wildman–Crippen MR) is 114 cm³/mol. The van der Waals surface area contributed by atoms with Crippen molar-refractivity contribution in [2.45, 2.75) is 0 Å². The van der Waals surface area contributed by atoms with Crippen molar-refractivity contribution < 1.29 is 0 Å². The molecular formula is C26H19N. The van der Waals surface area contributed by atoms with Gasteiger partial charge in [0.2, 0.25) is 0 Å². The van der Waals surface area contributed by atoms with Crippen LogP contribution in [0.5, 0.6) is 0 Å². The van der Waals surface area contributed by atoms with Gasteiger partial charge < -0.3 is 4.57 Å². The second-order valence-electron chi connectivity index (χ2n) is 6.75. The molecular weight excluding hydrogens is 326 g/mol. The maximum absolute atomic E-state index is 2.28. The second kappa shape index (κ2) is 6.62. The zero-order valence-corrected chi connectivity index (χ0v) is 14.9. The van der Waals surface area contributed by atoms with Crippen molar-refractivity contribution in [1.82, 2.24) is 4.57 Å². The standard InChI is InChI=1S/C26H19N/c1-3-10-21(11-4-1)26-18-24(19-27(26)25-13-5-2-6-14-25)23-16-15-20-9-7-8-12-22(20)17-23/h1-19H. The van der Waals surface area contributed by atoms with Crippen molar-refractivity contribution in [2.75, 3.05) is 0 Å². The van der Waals surface area contributed by atoms with Crippen molar-refractivity contribution in [2.24, 2.45) is 0 Å². The smallest absolute Gasteiger partial charge is 0.0534 e. The van der Waals surface area contributed by atoms with E-state index in [0.717, 1.165) is 0 Å². The van der Waals surface area contributed by atoms with Gasteiger partial charge >= 0.3 is 0 Å². The largest absolute Gasteiger partial charge is 0.316 e. The number of benzene rings is 4. The highest BCUT2D eigenvalue weighted by Crippen LogP contribution is 2.32. The highest BCUT2D eigenvalue weighted by atomic mass is 15.0. The van der Waals surface area contributed by atoms with Crippen LogP contribution in [0.1, 0.15) is 0 Å². The fraction of sp³-hybridized carbons (Fsp3) is 0. The minimum atomic E-state index is 1.17. The Morgan fingerprint density at radius 3 is 1.89 bits per heavy atom. The molecule has 0 fully saturated rings. The van der Waals surface area contributed by atoms with E-state index in [9.17, 15) is 0 Å². The number of aromatic nitrogens is 1. The van der Waals surface area contributed by atoms with Gasteiger partial charge in [0, 0.05) is 17.4 Å². The van der Waals surface area contributed by atoms with Crippen LogP contribution in [0.25, 0.3) is 38.8 Å². The van der Waals surface area contributed by atoms with Crippen molar-refractivity contribution in [3.8, 4) is 28.1 Å². The maximum atomic E-state index is 2.28. The fourth-order valence-electron chi connectivity index (χ4n) is 3.62. The number of nitrogens with zero attached hydrogens (tertiary/aromatic N) is 1. The van der Waals surface area contributed by atoms with Gasteiger partial charge in [-0.3, -0.25) is 0 Å². The third-order valence-electron chi connectivity index (χ3n) is 5.01. The third-order valence-corrected chi connectivity index (χ3v) is 5.01. The van der Waals surface area contributed by atoms with E-state index in [1.807, 2.05) is 0 Å². The Morgan fingerprint density at radius 2 is 1.11 bits per heavy atom. The zero-order chi connectivity index (χ0) is 18.1. The number of hydrogen-bond donors (Lipinski definition) is 0. The van der Waals surface area contributed by atoms with Gasteiger partial charge in [-0.15, -0.1) is 0 Å². The highest BCUT2D eigenvalue weighted by Gasteiger charge is 2.11. The summed E-state index contributed by atoms with van der Waals surface area (Å²) in [6.45, 7) is 0. The van der Waals surface area contributed by atoms with Crippen LogP contribution in [0.2, 0.25) is 0 Å². The molecule has 1 nitrogen and oxygen atoms in total. The molecule has 0 aliphatic heterocycles. The molecule has 0 aliphatic carbocycles. The second-order valence-corrected chi connectivity index (χ2v) is 6.75. The van der Waals surface area contributed by atoms with Crippen LogP contribution in [0.15, 0.2) is 115 Å². The lowest BCUT2D eigenvalue weighted by molar-refractivity contribution is 1.09. The van der Waals surface area contributed by atoms with Gasteiger partial charge in [-0.25, -0.2) is 0 Å². The van der Waals surface area contributed by atoms with E-state index in [4.69, 9.17) is 0 Å². The number of para-hydroxylation sites is 1. The van der Waals surface area contributed by atoms with Crippen LogP contribution in [0.3, 0.4) is 0 Å². The molecule has 5 aromatic rings. The summed E-state index contributed by atoms with van der Waals surface area (Å²) in [5.74, 6) is 0. The summed E-state index contributed by atoms with van der Waals surface area (Å²) >= 11 is 0. The maximum Gasteiger partial charge on any atom is 0.0534 e. The van der Waals surface area contributed by atoms with Crippen LogP contribution >= 0.6 is 0 Å². The third kappa shape index (κ3) is 2.94. The molecule has 0 radical (unpaired) electrons. The van der Waals surface area contributed by atoms with Crippen molar-refractivity contribution in [1.29, 1.82) is 0 Å². The molecule has 0 bridgehead atoms. The van der Waals surface area contributed by atoms with Crippen LogP contribution in [0, 0.1) is 0 Å². The normalized spacial score (nSPS) is 11.0. The van der Waals surface area contributed by atoms with Crippen LogP contribution < -0.4 is 0 Å². The highest BCUT2D eigenvalue weighted by molar-refractivity contribution is 5.88. The van der Waals surface area contributed by atoms with Gasteiger partial charge in [0.15, 0.2) is 0 Å². The van der Waals surface area contributed by atoms with Crippen LogP contribution in [-0.4, -0.2) is 4.57 Å². The topological polar surface area (TPSA) is 4.93 Å². The zero-order valence-electron chi connectivity index (χ0n) is 14.9. The minimum absolute atomic E-state index is 1.17. The molecule has 1 heterocycles. The van der Waals surface area contributed by atoms with Gasteiger partial charge in [-0.1, -0.05) is 84.9 Å². The molecule has 0 saturated carbocycles. The Morgan fingerprint density at radius 1 is 0.444 bits per heavy atom. The summed E-state index contributed by atoms with van der Waals surface area (Å²) in [5.41, 5.74) is 6.05. The monoisotopic (exact) mass is 345 g/mol. The molecule has 0 atom stereocenters. The first-order valence-electron chi connectivity index (χ1n) is 9.21. The van der Waals surface area contributed by atoms with Crippen molar-refractivity contribution >= 4 is 10.8 Å². The van der Waals surface area contributed by atoms with Crippen molar-refractivity contribution in [3.05, 3.63) is 115 Å². The van der Waals surface area contributed by atoms with Gasteiger partial charge in [-0.2, -0.15) is 0 Å². The average Bonchev–Trinajstić information content (AvgIpc) is 3.20. The Bertz CT molecular complexity index is 1140. The number of fused-ring (bicyclic) bond motifs is 1. The van der Waals surface area contributed by atoms with Crippen LogP contribution in [-0.2, 0) is 0 Å². The molecule has 1 heteroatoms. The Balaban J connectivity index is 1.70. The van der Waals surface area contributed by atoms with Crippen LogP contribution in [0.4, 0.5) is 0 Å². The fourth-order valence-corrected chi connectivity index (χ4v) is 3.62. The first-order chi connectivity index (χ1) is 13.4. The number of hydrogen-bond acceptors (Lipinski definition) is 0.